The summed E-state index contributed by atoms with van der Waals surface area (Å²) in [6.45, 7) is 3.84. The second-order valence-electron chi connectivity index (χ2n) is 4.18. The molecule has 3 nitrogen and oxygen atoms in total. The number of carbonyl (C=O) groups is 1. The van der Waals surface area contributed by atoms with E-state index in [1.54, 1.807) is 13.8 Å². The van der Waals surface area contributed by atoms with Gasteiger partial charge in [-0.15, -0.1) is 0 Å². The van der Waals surface area contributed by atoms with Crippen molar-refractivity contribution >= 4 is 17.6 Å². The summed E-state index contributed by atoms with van der Waals surface area (Å²) in [4.78, 5) is 10.9. The summed E-state index contributed by atoms with van der Waals surface area (Å²) < 4.78 is 13.0. The zero-order valence-electron chi connectivity index (χ0n) is 9.71. The molecule has 0 heterocycles. The zero-order valence-corrected chi connectivity index (χ0v) is 10.5. The normalized spacial score (nSPS) is 12.8. The van der Waals surface area contributed by atoms with Gasteiger partial charge in [-0.3, -0.25) is 4.79 Å². The van der Waals surface area contributed by atoms with Gasteiger partial charge in [0.05, 0.1) is 0 Å². The van der Waals surface area contributed by atoms with Crippen LogP contribution in [0.15, 0.2) is 18.2 Å². The van der Waals surface area contributed by atoms with E-state index in [-0.39, 0.29) is 18.3 Å². The van der Waals surface area contributed by atoms with Crippen molar-refractivity contribution in [1.82, 2.24) is 5.32 Å². The highest BCUT2D eigenvalue weighted by atomic mass is 35.5. The SMILES string of the molecule is CC(C)C(NCc1cc(F)ccc1Cl)C(=O)O. The van der Waals surface area contributed by atoms with Crippen molar-refractivity contribution in [3.8, 4) is 0 Å². The molecule has 17 heavy (non-hydrogen) atoms. The van der Waals surface area contributed by atoms with Crippen LogP contribution >= 0.6 is 11.6 Å². The lowest BCUT2D eigenvalue weighted by molar-refractivity contribution is -0.140. The molecular weight excluding hydrogens is 245 g/mol. The molecule has 1 aromatic rings. The van der Waals surface area contributed by atoms with Crippen molar-refractivity contribution in [3.05, 3.63) is 34.6 Å². The van der Waals surface area contributed by atoms with Gasteiger partial charge in [0.25, 0.3) is 0 Å². The number of halogens is 2. The fraction of sp³-hybridized carbons (Fsp3) is 0.417. The average Bonchev–Trinajstić information content (AvgIpc) is 2.22. The van der Waals surface area contributed by atoms with Gasteiger partial charge < -0.3 is 10.4 Å². The van der Waals surface area contributed by atoms with Gasteiger partial charge in [0, 0.05) is 11.6 Å². The summed E-state index contributed by atoms with van der Waals surface area (Å²) in [5.41, 5.74) is 0.554. The van der Waals surface area contributed by atoms with E-state index in [0.717, 1.165) is 0 Å². The van der Waals surface area contributed by atoms with Gasteiger partial charge in [-0.2, -0.15) is 0 Å². The fourth-order valence-corrected chi connectivity index (χ4v) is 1.69. The Bertz CT molecular complexity index is 409. The molecule has 1 rings (SSSR count). The van der Waals surface area contributed by atoms with Gasteiger partial charge in [-0.1, -0.05) is 25.4 Å². The van der Waals surface area contributed by atoms with Crippen LogP contribution in [-0.4, -0.2) is 17.1 Å². The number of hydrogen-bond acceptors (Lipinski definition) is 2. The van der Waals surface area contributed by atoms with Gasteiger partial charge in [0.1, 0.15) is 11.9 Å². The molecule has 0 aliphatic carbocycles. The molecule has 0 aliphatic rings. The van der Waals surface area contributed by atoms with Crippen LogP contribution in [0.5, 0.6) is 0 Å². The molecular formula is C12H15ClFNO2. The first-order valence-corrected chi connectivity index (χ1v) is 5.69. The molecule has 0 aliphatic heterocycles. The standard InChI is InChI=1S/C12H15ClFNO2/c1-7(2)11(12(16)17)15-6-8-5-9(14)3-4-10(8)13/h3-5,7,11,15H,6H2,1-2H3,(H,16,17). The first kappa shape index (κ1) is 13.9. The third kappa shape index (κ3) is 3.98. The van der Waals surface area contributed by atoms with Crippen molar-refractivity contribution < 1.29 is 14.3 Å². The maximum absolute atomic E-state index is 13.0. The zero-order chi connectivity index (χ0) is 13.0. The summed E-state index contributed by atoms with van der Waals surface area (Å²) in [7, 11) is 0. The molecule has 0 saturated heterocycles. The lowest BCUT2D eigenvalue weighted by atomic mass is 10.0. The average molecular weight is 260 g/mol. The van der Waals surface area contributed by atoms with Crippen molar-refractivity contribution in [3.63, 3.8) is 0 Å². The van der Waals surface area contributed by atoms with E-state index in [1.807, 2.05) is 0 Å². The van der Waals surface area contributed by atoms with Crippen LogP contribution in [0.1, 0.15) is 19.4 Å². The van der Waals surface area contributed by atoms with Crippen molar-refractivity contribution in [1.29, 1.82) is 0 Å². The van der Waals surface area contributed by atoms with E-state index < -0.39 is 12.0 Å². The first-order valence-electron chi connectivity index (χ1n) is 5.32. The maximum atomic E-state index is 13.0. The van der Waals surface area contributed by atoms with Crippen molar-refractivity contribution in [2.75, 3.05) is 0 Å². The summed E-state index contributed by atoms with van der Waals surface area (Å²) in [6.07, 6.45) is 0. The Morgan fingerprint density at radius 1 is 1.53 bits per heavy atom. The Balaban J connectivity index is 2.72. The third-order valence-corrected chi connectivity index (χ3v) is 2.82. The van der Waals surface area contributed by atoms with Crippen LogP contribution in [-0.2, 0) is 11.3 Å². The highest BCUT2D eigenvalue weighted by molar-refractivity contribution is 6.31. The summed E-state index contributed by atoms with van der Waals surface area (Å²) in [5.74, 6) is -1.37. The first-order chi connectivity index (χ1) is 7.91. The number of carboxylic acid groups (broad SMARTS) is 1. The van der Waals surface area contributed by atoms with Crippen LogP contribution in [0.4, 0.5) is 4.39 Å². The van der Waals surface area contributed by atoms with Gasteiger partial charge in [-0.05, 0) is 29.7 Å². The van der Waals surface area contributed by atoms with E-state index in [1.165, 1.54) is 18.2 Å². The highest BCUT2D eigenvalue weighted by Crippen LogP contribution is 2.17. The Morgan fingerprint density at radius 2 is 2.18 bits per heavy atom. The van der Waals surface area contributed by atoms with Crippen LogP contribution in [0.3, 0.4) is 0 Å². The largest absolute Gasteiger partial charge is 0.480 e. The number of nitrogens with one attached hydrogen (secondary N) is 1. The van der Waals surface area contributed by atoms with Crippen LogP contribution < -0.4 is 5.32 Å². The van der Waals surface area contributed by atoms with Gasteiger partial charge in [0.15, 0.2) is 0 Å². The molecule has 0 saturated carbocycles. The molecule has 1 aromatic carbocycles. The molecule has 94 valence electrons. The lowest BCUT2D eigenvalue weighted by Crippen LogP contribution is -2.40. The van der Waals surface area contributed by atoms with Gasteiger partial charge in [0.2, 0.25) is 0 Å². The van der Waals surface area contributed by atoms with E-state index >= 15 is 0 Å². The highest BCUT2D eigenvalue weighted by Gasteiger charge is 2.20. The maximum Gasteiger partial charge on any atom is 0.320 e. The minimum absolute atomic E-state index is 0.0557. The molecule has 0 aromatic heterocycles. The Labute approximate surface area is 105 Å². The molecule has 0 spiro atoms. The van der Waals surface area contributed by atoms with E-state index in [4.69, 9.17) is 16.7 Å². The number of carboxylic acids is 1. The van der Waals surface area contributed by atoms with Crippen LogP contribution in [0.25, 0.3) is 0 Å². The third-order valence-electron chi connectivity index (χ3n) is 2.45. The monoisotopic (exact) mass is 259 g/mol. The molecule has 2 N–H and O–H groups in total. The molecule has 5 heteroatoms. The second-order valence-corrected chi connectivity index (χ2v) is 4.58. The van der Waals surface area contributed by atoms with Crippen molar-refractivity contribution in [2.45, 2.75) is 26.4 Å². The van der Waals surface area contributed by atoms with Crippen LogP contribution in [0, 0.1) is 11.7 Å². The number of aliphatic carboxylic acids is 1. The molecule has 0 radical (unpaired) electrons. The van der Waals surface area contributed by atoms with Gasteiger partial charge >= 0.3 is 5.97 Å². The van der Waals surface area contributed by atoms with E-state index in [9.17, 15) is 9.18 Å². The van der Waals surface area contributed by atoms with Crippen molar-refractivity contribution in [2.24, 2.45) is 5.92 Å². The van der Waals surface area contributed by atoms with Crippen LogP contribution in [0.2, 0.25) is 5.02 Å². The van der Waals surface area contributed by atoms with E-state index in [0.29, 0.717) is 10.6 Å². The molecule has 1 atom stereocenters. The predicted octanol–water partition coefficient (Wildman–Crippen LogP) is 2.68. The minimum Gasteiger partial charge on any atom is -0.480 e. The molecule has 0 bridgehead atoms. The Hall–Kier alpha value is -1.13. The molecule has 0 amide bonds. The Kier molecular flexibility index (Phi) is 4.90. The predicted molar refractivity (Wildman–Crippen MR) is 64.5 cm³/mol. The fourth-order valence-electron chi connectivity index (χ4n) is 1.51. The minimum atomic E-state index is -0.924. The Morgan fingerprint density at radius 3 is 2.71 bits per heavy atom. The van der Waals surface area contributed by atoms with Gasteiger partial charge in [-0.25, -0.2) is 4.39 Å². The molecule has 1 unspecified atom stereocenters. The smallest absolute Gasteiger partial charge is 0.320 e. The number of hydrogen-bond donors (Lipinski definition) is 2. The molecule has 0 fully saturated rings. The second kappa shape index (κ2) is 5.98. The van der Waals surface area contributed by atoms with E-state index in [2.05, 4.69) is 5.32 Å². The summed E-state index contributed by atoms with van der Waals surface area (Å²) in [6, 6.07) is 3.35. The quantitative estimate of drug-likeness (QED) is 0.855. The lowest BCUT2D eigenvalue weighted by Gasteiger charge is -2.18. The number of rotatable bonds is 5. The topological polar surface area (TPSA) is 49.3 Å². The number of benzene rings is 1. The summed E-state index contributed by atoms with van der Waals surface area (Å²) >= 11 is 5.88. The summed E-state index contributed by atoms with van der Waals surface area (Å²) in [5, 5.41) is 12.3.